The fourth-order valence-corrected chi connectivity index (χ4v) is 2.25. The summed E-state index contributed by atoms with van der Waals surface area (Å²) < 4.78 is 15.0. The van der Waals surface area contributed by atoms with E-state index in [1.807, 2.05) is 0 Å². The van der Waals surface area contributed by atoms with Crippen LogP contribution in [0.2, 0.25) is 0 Å². The van der Waals surface area contributed by atoms with Gasteiger partial charge in [0.25, 0.3) is 0 Å². The van der Waals surface area contributed by atoms with Crippen LogP contribution in [0.5, 0.6) is 0 Å². The molecule has 2 saturated heterocycles. The fraction of sp³-hybridized carbons (Fsp3) is 1.00. The minimum atomic E-state index is -2.30. The molecule has 0 radical (unpaired) electrons. The van der Waals surface area contributed by atoms with Crippen LogP contribution in [-0.2, 0) is 14.2 Å². The smallest absolute Gasteiger partial charge is 0.219 e. The molecule has 0 aliphatic carbocycles. The monoisotopic (exact) mass is 312 g/mol. The lowest BCUT2D eigenvalue weighted by Gasteiger charge is -2.35. The molecule has 21 heavy (non-hydrogen) atoms. The lowest BCUT2D eigenvalue weighted by atomic mass is 10.1. The second kappa shape index (κ2) is 6.38. The first-order valence-electron chi connectivity index (χ1n) is 6.44. The van der Waals surface area contributed by atoms with E-state index in [9.17, 15) is 30.6 Å². The zero-order chi connectivity index (χ0) is 15.8. The van der Waals surface area contributed by atoms with Crippen LogP contribution in [0, 0.1) is 0 Å². The SMILES string of the molecule is OCC1(O)O[C@H](CO[C@H]2OC[C@@H](O)[C@H](O)[C@H]2O)[C@@H](O)[C@@H]1O. The second-order valence-electron chi connectivity index (χ2n) is 5.18. The molecule has 2 heterocycles. The Labute approximate surface area is 119 Å². The van der Waals surface area contributed by atoms with Gasteiger partial charge in [0.15, 0.2) is 6.29 Å². The van der Waals surface area contributed by atoms with Gasteiger partial charge in [-0.15, -0.1) is 0 Å². The molecular weight excluding hydrogens is 292 g/mol. The van der Waals surface area contributed by atoms with Crippen LogP contribution in [0.15, 0.2) is 0 Å². The van der Waals surface area contributed by atoms with Gasteiger partial charge in [-0.1, -0.05) is 0 Å². The third-order valence-electron chi connectivity index (χ3n) is 3.63. The van der Waals surface area contributed by atoms with Crippen LogP contribution in [0.1, 0.15) is 0 Å². The molecular formula is C11H20O10. The summed E-state index contributed by atoms with van der Waals surface area (Å²) in [6.07, 6.45) is -9.86. The van der Waals surface area contributed by atoms with Crippen LogP contribution >= 0.6 is 0 Å². The van der Waals surface area contributed by atoms with E-state index < -0.39 is 55.3 Å². The highest BCUT2D eigenvalue weighted by molar-refractivity contribution is 4.95. The van der Waals surface area contributed by atoms with E-state index >= 15 is 0 Å². The molecule has 0 spiro atoms. The van der Waals surface area contributed by atoms with Crippen molar-refractivity contribution in [3.8, 4) is 0 Å². The van der Waals surface area contributed by atoms with Crippen molar-refractivity contribution >= 4 is 0 Å². The predicted molar refractivity (Wildman–Crippen MR) is 62.6 cm³/mol. The number of ether oxygens (including phenoxy) is 3. The summed E-state index contributed by atoms with van der Waals surface area (Å²) in [5, 5.41) is 66.3. The average molecular weight is 312 g/mol. The van der Waals surface area contributed by atoms with Gasteiger partial charge >= 0.3 is 0 Å². The van der Waals surface area contributed by atoms with Crippen molar-refractivity contribution in [1.82, 2.24) is 0 Å². The highest BCUT2D eigenvalue weighted by Gasteiger charge is 2.53. The van der Waals surface area contributed by atoms with Gasteiger partial charge in [0.05, 0.1) is 19.8 Å². The molecule has 10 nitrogen and oxygen atoms in total. The third kappa shape index (κ3) is 3.19. The molecule has 7 N–H and O–H groups in total. The Morgan fingerprint density at radius 1 is 1.05 bits per heavy atom. The molecule has 0 aromatic heterocycles. The summed E-state index contributed by atoms with van der Waals surface area (Å²) in [4.78, 5) is 0. The lowest BCUT2D eigenvalue weighted by molar-refractivity contribution is -0.286. The quantitative estimate of drug-likeness (QED) is 0.267. The van der Waals surface area contributed by atoms with E-state index in [1.165, 1.54) is 0 Å². The first kappa shape index (κ1) is 17.0. The minimum absolute atomic E-state index is 0.250. The summed E-state index contributed by atoms with van der Waals surface area (Å²) in [7, 11) is 0. The van der Waals surface area contributed by atoms with Crippen molar-refractivity contribution < 1.29 is 50.0 Å². The maximum Gasteiger partial charge on any atom is 0.219 e. The first-order valence-corrected chi connectivity index (χ1v) is 6.44. The van der Waals surface area contributed by atoms with Crippen LogP contribution in [-0.4, -0.2) is 104 Å². The Morgan fingerprint density at radius 3 is 2.29 bits per heavy atom. The van der Waals surface area contributed by atoms with Crippen molar-refractivity contribution in [3.05, 3.63) is 0 Å². The number of aliphatic hydroxyl groups excluding tert-OH is 6. The molecule has 2 rings (SSSR count). The Kier molecular flexibility index (Phi) is 5.15. The average Bonchev–Trinajstić information content (AvgIpc) is 2.69. The van der Waals surface area contributed by atoms with Crippen LogP contribution < -0.4 is 0 Å². The number of rotatable bonds is 4. The second-order valence-corrected chi connectivity index (χ2v) is 5.18. The number of hydrogen-bond acceptors (Lipinski definition) is 10. The standard InChI is InChI=1S/C11H20O10/c12-3-11(18)9(17)7(15)5(21-11)2-20-10-8(16)6(14)4(13)1-19-10/h4-10,12-18H,1-3H2/t4-,5-,6+,7-,8-,9+,10-,11?/m1/s1. The maximum atomic E-state index is 9.69. The van der Waals surface area contributed by atoms with Crippen LogP contribution in [0.25, 0.3) is 0 Å². The van der Waals surface area contributed by atoms with E-state index in [1.54, 1.807) is 0 Å². The zero-order valence-electron chi connectivity index (χ0n) is 11.0. The molecule has 2 fully saturated rings. The molecule has 0 aromatic carbocycles. The van der Waals surface area contributed by atoms with Crippen molar-refractivity contribution in [2.45, 2.75) is 48.7 Å². The van der Waals surface area contributed by atoms with Gasteiger partial charge in [0, 0.05) is 0 Å². The summed E-state index contributed by atoms with van der Waals surface area (Å²) >= 11 is 0. The van der Waals surface area contributed by atoms with Crippen molar-refractivity contribution in [1.29, 1.82) is 0 Å². The highest BCUT2D eigenvalue weighted by Crippen LogP contribution is 2.29. The van der Waals surface area contributed by atoms with Gasteiger partial charge in [-0.05, 0) is 0 Å². The molecule has 0 bridgehead atoms. The fourth-order valence-electron chi connectivity index (χ4n) is 2.25. The van der Waals surface area contributed by atoms with Crippen molar-refractivity contribution in [3.63, 3.8) is 0 Å². The molecule has 8 atom stereocenters. The van der Waals surface area contributed by atoms with Gasteiger partial charge < -0.3 is 50.0 Å². The van der Waals surface area contributed by atoms with E-state index in [2.05, 4.69) is 0 Å². The first-order chi connectivity index (χ1) is 9.80. The molecule has 10 heteroatoms. The van der Waals surface area contributed by atoms with Gasteiger partial charge in [-0.25, -0.2) is 0 Å². The highest BCUT2D eigenvalue weighted by atomic mass is 16.7. The van der Waals surface area contributed by atoms with E-state index in [0.717, 1.165) is 0 Å². The van der Waals surface area contributed by atoms with E-state index in [4.69, 9.17) is 19.3 Å². The Hall–Kier alpha value is -0.400. The molecule has 0 amide bonds. The topological polar surface area (TPSA) is 169 Å². The van der Waals surface area contributed by atoms with E-state index in [-0.39, 0.29) is 13.2 Å². The zero-order valence-corrected chi connectivity index (χ0v) is 11.0. The molecule has 2 aliphatic heterocycles. The molecule has 1 unspecified atom stereocenters. The largest absolute Gasteiger partial charge is 0.391 e. The Balaban J connectivity index is 1.89. The van der Waals surface area contributed by atoms with E-state index in [0.29, 0.717) is 0 Å². The van der Waals surface area contributed by atoms with Crippen molar-refractivity contribution in [2.75, 3.05) is 19.8 Å². The molecule has 0 saturated carbocycles. The van der Waals surface area contributed by atoms with Crippen LogP contribution in [0.3, 0.4) is 0 Å². The van der Waals surface area contributed by atoms with Gasteiger partial charge in [0.2, 0.25) is 5.79 Å². The summed E-state index contributed by atoms with van der Waals surface area (Å²) in [5.74, 6) is -2.30. The molecule has 2 aliphatic rings. The Bertz CT molecular complexity index is 354. The third-order valence-corrected chi connectivity index (χ3v) is 3.63. The predicted octanol–water partition coefficient (Wildman–Crippen LogP) is -4.76. The normalized spacial score (nSPS) is 51.3. The maximum absolute atomic E-state index is 9.69. The number of hydrogen-bond donors (Lipinski definition) is 7. The van der Waals surface area contributed by atoms with Crippen LogP contribution in [0.4, 0.5) is 0 Å². The van der Waals surface area contributed by atoms with Gasteiger partial charge in [-0.3, -0.25) is 0 Å². The minimum Gasteiger partial charge on any atom is -0.391 e. The van der Waals surface area contributed by atoms with Crippen molar-refractivity contribution in [2.24, 2.45) is 0 Å². The summed E-state index contributed by atoms with van der Waals surface area (Å²) in [5.41, 5.74) is 0. The Morgan fingerprint density at radius 2 is 1.71 bits per heavy atom. The lowest BCUT2D eigenvalue weighted by Crippen LogP contribution is -2.54. The van der Waals surface area contributed by atoms with Gasteiger partial charge in [0.1, 0.15) is 36.6 Å². The molecule has 124 valence electrons. The summed E-state index contributed by atoms with van der Waals surface area (Å²) in [6.45, 7) is -1.56. The number of aliphatic hydroxyl groups is 7. The van der Waals surface area contributed by atoms with Gasteiger partial charge in [-0.2, -0.15) is 0 Å². The molecule has 0 aromatic rings. The summed E-state index contributed by atoms with van der Waals surface area (Å²) in [6, 6.07) is 0.